The molecule has 0 atom stereocenters. The quantitative estimate of drug-likeness (QED) is 0.660. The predicted molar refractivity (Wildman–Crippen MR) is 46.2 cm³/mol. The van der Waals surface area contributed by atoms with Crippen LogP contribution in [0.1, 0.15) is 22.8 Å². The van der Waals surface area contributed by atoms with Crippen molar-refractivity contribution in [2.24, 2.45) is 0 Å². The number of Topliss-reactive ketones (excluding diaryl/α,β-unsaturated/α-hetero) is 1. The van der Waals surface area contributed by atoms with E-state index in [0.717, 1.165) is 12.0 Å². The first-order chi connectivity index (χ1) is 6.15. The van der Waals surface area contributed by atoms with Gasteiger partial charge in [0.15, 0.2) is 0 Å². The van der Waals surface area contributed by atoms with Crippen LogP contribution >= 0.6 is 0 Å². The van der Waals surface area contributed by atoms with Gasteiger partial charge in [-0.15, -0.1) is 0 Å². The molecule has 0 N–H and O–H groups in total. The van der Waals surface area contributed by atoms with Crippen LogP contribution in [-0.2, 0) is 6.42 Å². The molecule has 0 heterocycles. The van der Waals surface area contributed by atoms with Crippen molar-refractivity contribution < 1.29 is 13.6 Å². The summed E-state index contributed by atoms with van der Waals surface area (Å²) in [5.41, 5.74) is 1.11. The van der Waals surface area contributed by atoms with Gasteiger partial charge in [-0.25, -0.2) is 8.78 Å². The Hall–Kier alpha value is -1.25. The summed E-state index contributed by atoms with van der Waals surface area (Å²) in [4.78, 5) is 10.8. The maximum absolute atomic E-state index is 11.9. The minimum Gasteiger partial charge on any atom is -0.288 e. The highest BCUT2D eigenvalue weighted by Crippen LogP contribution is 2.09. The third-order valence-corrected chi connectivity index (χ3v) is 1.84. The van der Waals surface area contributed by atoms with Gasteiger partial charge < -0.3 is 0 Å². The van der Waals surface area contributed by atoms with Gasteiger partial charge in [-0.1, -0.05) is 31.2 Å². The highest BCUT2D eigenvalue weighted by Gasteiger charge is 2.16. The molecule has 0 unspecified atom stereocenters. The molecule has 0 radical (unpaired) electrons. The van der Waals surface area contributed by atoms with E-state index in [1.54, 1.807) is 12.1 Å². The zero-order chi connectivity index (χ0) is 9.84. The molecule has 13 heavy (non-hydrogen) atoms. The van der Waals surface area contributed by atoms with Crippen molar-refractivity contribution in [2.45, 2.75) is 19.8 Å². The number of benzene rings is 1. The lowest BCUT2D eigenvalue weighted by molar-refractivity contribution is 0.0679. The number of halogens is 2. The Morgan fingerprint density at radius 2 is 1.85 bits per heavy atom. The lowest BCUT2D eigenvalue weighted by Crippen LogP contribution is -2.09. The van der Waals surface area contributed by atoms with Crippen LogP contribution in [0.2, 0.25) is 0 Å². The van der Waals surface area contributed by atoms with E-state index in [4.69, 9.17) is 0 Å². The number of alkyl halides is 2. The van der Waals surface area contributed by atoms with Crippen LogP contribution in [-0.4, -0.2) is 12.2 Å². The van der Waals surface area contributed by atoms with E-state index in [1.165, 1.54) is 12.1 Å². The fourth-order valence-corrected chi connectivity index (χ4v) is 1.03. The van der Waals surface area contributed by atoms with E-state index in [0.29, 0.717) is 0 Å². The smallest absolute Gasteiger partial charge is 0.288 e. The molecule has 0 aliphatic carbocycles. The van der Waals surface area contributed by atoms with Gasteiger partial charge in [0.1, 0.15) is 0 Å². The average molecular weight is 184 g/mol. The topological polar surface area (TPSA) is 17.1 Å². The second kappa shape index (κ2) is 4.12. The molecule has 0 aliphatic heterocycles. The number of hydrogen-bond donors (Lipinski definition) is 0. The molecule has 0 saturated carbocycles. The first-order valence-corrected chi connectivity index (χ1v) is 4.06. The molecule has 0 bridgehead atoms. The fourth-order valence-electron chi connectivity index (χ4n) is 1.03. The van der Waals surface area contributed by atoms with Gasteiger partial charge in [-0.05, 0) is 12.0 Å². The molecule has 1 nitrogen and oxygen atoms in total. The summed E-state index contributed by atoms with van der Waals surface area (Å²) in [5.74, 6) is -1.11. The number of carbonyl (C=O) groups is 1. The molecule has 1 aromatic rings. The number of rotatable bonds is 3. The van der Waals surface area contributed by atoms with Crippen LogP contribution in [0.15, 0.2) is 24.3 Å². The minimum absolute atomic E-state index is 0.0761. The molecule has 1 aromatic carbocycles. The Labute approximate surface area is 75.4 Å². The van der Waals surface area contributed by atoms with E-state index in [2.05, 4.69) is 0 Å². The maximum Gasteiger partial charge on any atom is 0.300 e. The molecule has 70 valence electrons. The van der Waals surface area contributed by atoms with E-state index in [1.807, 2.05) is 6.92 Å². The normalized spacial score (nSPS) is 10.5. The van der Waals surface area contributed by atoms with Gasteiger partial charge in [0.25, 0.3) is 0 Å². The fraction of sp³-hybridized carbons (Fsp3) is 0.300. The summed E-state index contributed by atoms with van der Waals surface area (Å²) < 4.78 is 23.9. The molecule has 0 amide bonds. The molecule has 0 saturated heterocycles. The first kappa shape index (κ1) is 9.84. The SMILES string of the molecule is CCc1ccc(C(=O)C(F)F)cc1. The van der Waals surface area contributed by atoms with Gasteiger partial charge in [-0.2, -0.15) is 0 Å². The highest BCUT2D eigenvalue weighted by atomic mass is 19.3. The lowest BCUT2D eigenvalue weighted by atomic mass is 10.1. The first-order valence-electron chi connectivity index (χ1n) is 4.06. The van der Waals surface area contributed by atoms with Crippen molar-refractivity contribution in [3.05, 3.63) is 35.4 Å². The van der Waals surface area contributed by atoms with Gasteiger partial charge in [-0.3, -0.25) is 4.79 Å². The summed E-state index contributed by atoms with van der Waals surface area (Å²) in [7, 11) is 0. The summed E-state index contributed by atoms with van der Waals surface area (Å²) >= 11 is 0. The van der Waals surface area contributed by atoms with Gasteiger partial charge in [0.05, 0.1) is 0 Å². The van der Waals surface area contributed by atoms with Crippen molar-refractivity contribution in [2.75, 3.05) is 0 Å². The van der Waals surface area contributed by atoms with Gasteiger partial charge >= 0.3 is 6.43 Å². The third kappa shape index (κ3) is 2.34. The lowest BCUT2D eigenvalue weighted by Gasteiger charge is -2.00. The molecular weight excluding hydrogens is 174 g/mol. The Morgan fingerprint density at radius 1 is 1.31 bits per heavy atom. The van der Waals surface area contributed by atoms with Crippen LogP contribution in [0.4, 0.5) is 8.78 Å². The number of ketones is 1. The van der Waals surface area contributed by atoms with E-state index < -0.39 is 12.2 Å². The zero-order valence-electron chi connectivity index (χ0n) is 7.26. The van der Waals surface area contributed by atoms with E-state index >= 15 is 0 Å². The Bertz CT molecular complexity index is 290. The highest BCUT2D eigenvalue weighted by molar-refractivity contribution is 5.98. The minimum atomic E-state index is -2.91. The van der Waals surface area contributed by atoms with Crippen molar-refractivity contribution in [1.29, 1.82) is 0 Å². The molecule has 0 aliphatic rings. The van der Waals surface area contributed by atoms with Crippen LogP contribution in [0.5, 0.6) is 0 Å². The van der Waals surface area contributed by atoms with Crippen molar-refractivity contribution >= 4 is 5.78 Å². The monoisotopic (exact) mass is 184 g/mol. The Balaban J connectivity index is 2.86. The summed E-state index contributed by atoms with van der Waals surface area (Å²) in [6.07, 6.45) is -2.07. The number of hydrogen-bond acceptors (Lipinski definition) is 1. The maximum atomic E-state index is 11.9. The Kier molecular flexibility index (Phi) is 3.12. The van der Waals surface area contributed by atoms with Gasteiger partial charge in [0, 0.05) is 5.56 Å². The second-order valence-electron chi connectivity index (χ2n) is 2.72. The molecule has 0 fully saturated rings. The molecule has 0 aromatic heterocycles. The third-order valence-electron chi connectivity index (χ3n) is 1.84. The second-order valence-corrected chi connectivity index (χ2v) is 2.72. The summed E-state index contributed by atoms with van der Waals surface area (Å²) in [6.45, 7) is 1.96. The van der Waals surface area contributed by atoms with E-state index in [-0.39, 0.29) is 5.56 Å². The molecule has 0 spiro atoms. The van der Waals surface area contributed by atoms with Crippen LogP contribution in [0.25, 0.3) is 0 Å². The standard InChI is InChI=1S/C10H10F2O/c1-2-7-3-5-8(6-4-7)9(13)10(11)12/h3-6,10H,2H2,1H3. The Morgan fingerprint density at radius 3 is 2.23 bits per heavy atom. The number of aryl methyl sites for hydroxylation is 1. The van der Waals surface area contributed by atoms with E-state index in [9.17, 15) is 13.6 Å². The van der Waals surface area contributed by atoms with Crippen LogP contribution < -0.4 is 0 Å². The van der Waals surface area contributed by atoms with Gasteiger partial charge in [0.2, 0.25) is 5.78 Å². The van der Waals surface area contributed by atoms with Crippen molar-refractivity contribution in [3.63, 3.8) is 0 Å². The van der Waals surface area contributed by atoms with Crippen LogP contribution in [0, 0.1) is 0 Å². The molecule has 1 rings (SSSR count). The number of carbonyl (C=O) groups excluding carboxylic acids is 1. The van der Waals surface area contributed by atoms with Crippen molar-refractivity contribution in [1.82, 2.24) is 0 Å². The molecule has 3 heteroatoms. The zero-order valence-corrected chi connectivity index (χ0v) is 7.26. The predicted octanol–water partition coefficient (Wildman–Crippen LogP) is 2.70. The van der Waals surface area contributed by atoms with Crippen molar-refractivity contribution in [3.8, 4) is 0 Å². The summed E-state index contributed by atoms with van der Waals surface area (Å²) in [5, 5.41) is 0. The largest absolute Gasteiger partial charge is 0.300 e. The summed E-state index contributed by atoms with van der Waals surface area (Å²) in [6, 6.07) is 6.26. The van der Waals surface area contributed by atoms with Crippen LogP contribution in [0.3, 0.4) is 0 Å². The average Bonchev–Trinajstić information content (AvgIpc) is 2.17. The molecular formula is C10H10F2O.